The van der Waals surface area contributed by atoms with Crippen LogP contribution < -0.4 is 4.74 Å². The third-order valence-corrected chi connectivity index (χ3v) is 5.29. The van der Waals surface area contributed by atoms with E-state index in [-0.39, 0.29) is 6.04 Å². The Bertz CT molecular complexity index is 1230. The van der Waals surface area contributed by atoms with Gasteiger partial charge >= 0.3 is 6.09 Å². The minimum atomic E-state index is -0.887. The molecule has 1 N–H and O–H groups in total. The number of nitrogens with zero attached hydrogens (tertiary/aromatic N) is 7. The number of benzene rings is 1. The van der Waals surface area contributed by atoms with Gasteiger partial charge in [-0.1, -0.05) is 5.16 Å². The second-order valence-electron chi connectivity index (χ2n) is 7.27. The van der Waals surface area contributed by atoms with Crippen LogP contribution in [0.3, 0.4) is 0 Å². The summed E-state index contributed by atoms with van der Waals surface area (Å²) in [5, 5.41) is 18.2. The molecule has 1 amide bonds. The molecule has 0 spiro atoms. The van der Waals surface area contributed by atoms with Crippen LogP contribution in [0, 0.1) is 6.92 Å². The molecule has 31 heavy (non-hydrogen) atoms. The highest BCUT2D eigenvalue weighted by molar-refractivity contribution is 5.80. The molecule has 0 radical (unpaired) electrons. The lowest BCUT2D eigenvalue weighted by Gasteiger charge is -2.30. The maximum absolute atomic E-state index is 11.1. The van der Waals surface area contributed by atoms with E-state index in [1.54, 1.807) is 25.3 Å². The van der Waals surface area contributed by atoms with Crippen molar-refractivity contribution < 1.29 is 19.2 Å². The molecular weight excluding hydrogens is 402 g/mol. The summed E-state index contributed by atoms with van der Waals surface area (Å²) >= 11 is 0. The summed E-state index contributed by atoms with van der Waals surface area (Å²) in [6, 6.07) is 7.38. The number of carboxylic acid groups (broad SMARTS) is 1. The minimum Gasteiger partial charge on any atom is -0.465 e. The highest BCUT2D eigenvalue weighted by Crippen LogP contribution is 2.31. The number of likely N-dealkylation sites (tertiary alicyclic amines) is 1. The van der Waals surface area contributed by atoms with Crippen LogP contribution in [-0.2, 0) is 0 Å². The number of rotatable bonds is 4. The maximum atomic E-state index is 11.1. The minimum absolute atomic E-state index is 0.0774. The fraction of sp³-hybridized carbons (Fsp3) is 0.300. The van der Waals surface area contributed by atoms with E-state index < -0.39 is 6.09 Å². The average Bonchev–Trinajstić information content (AvgIpc) is 3.41. The van der Waals surface area contributed by atoms with Gasteiger partial charge in [0.2, 0.25) is 17.6 Å². The van der Waals surface area contributed by atoms with Gasteiger partial charge in [0.05, 0.1) is 12.2 Å². The van der Waals surface area contributed by atoms with Crippen LogP contribution in [0.4, 0.5) is 4.79 Å². The first-order chi connectivity index (χ1) is 15.1. The SMILES string of the molecule is Cc1nc(-c2ccc(Oc3ncnc4c3cnn4C3CCN(C(=O)O)CC3)cc2)no1. The van der Waals surface area contributed by atoms with Gasteiger partial charge in [0, 0.05) is 25.6 Å². The Labute approximate surface area is 176 Å². The van der Waals surface area contributed by atoms with E-state index in [4.69, 9.17) is 14.4 Å². The van der Waals surface area contributed by atoms with Crippen molar-refractivity contribution in [2.24, 2.45) is 0 Å². The first-order valence-corrected chi connectivity index (χ1v) is 9.83. The van der Waals surface area contributed by atoms with Crippen molar-refractivity contribution in [2.45, 2.75) is 25.8 Å². The Hall–Kier alpha value is -4.02. The number of amides is 1. The molecular formula is C20H19N7O4. The van der Waals surface area contributed by atoms with E-state index in [1.807, 2.05) is 16.8 Å². The fourth-order valence-electron chi connectivity index (χ4n) is 3.69. The van der Waals surface area contributed by atoms with E-state index in [0.717, 1.165) is 5.56 Å². The van der Waals surface area contributed by atoms with Crippen LogP contribution in [0.15, 0.2) is 41.3 Å². The zero-order valence-electron chi connectivity index (χ0n) is 16.7. The van der Waals surface area contributed by atoms with Crippen molar-refractivity contribution in [3.8, 4) is 23.0 Å². The second kappa shape index (κ2) is 7.67. The number of hydrogen-bond acceptors (Lipinski definition) is 8. The van der Waals surface area contributed by atoms with Crippen LogP contribution in [0.1, 0.15) is 24.8 Å². The summed E-state index contributed by atoms with van der Waals surface area (Å²) in [6.07, 6.45) is 3.60. The zero-order chi connectivity index (χ0) is 21.4. The normalized spacial score (nSPS) is 14.8. The van der Waals surface area contributed by atoms with Crippen LogP contribution in [0.2, 0.25) is 0 Å². The molecule has 11 heteroatoms. The van der Waals surface area contributed by atoms with Crippen molar-refractivity contribution in [2.75, 3.05) is 13.1 Å². The van der Waals surface area contributed by atoms with Crippen molar-refractivity contribution in [3.63, 3.8) is 0 Å². The summed E-state index contributed by atoms with van der Waals surface area (Å²) < 4.78 is 12.8. The first-order valence-electron chi connectivity index (χ1n) is 9.83. The number of carbonyl (C=O) groups is 1. The van der Waals surface area contributed by atoms with E-state index in [9.17, 15) is 4.79 Å². The predicted molar refractivity (Wildman–Crippen MR) is 108 cm³/mol. The topological polar surface area (TPSA) is 132 Å². The number of piperidine rings is 1. The Morgan fingerprint density at radius 3 is 2.65 bits per heavy atom. The quantitative estimate of drug-likeness (QED) is 0.527. The van der Waals surface area contributed by atoms with Crippen molar-refractivity contribution in [3.05, 3.63) is 42.7 Å². The second-order valence-corrected chi connectivity index (χ2v) is 7.27. The molecule has 3 aromatic heterocycles. The summed E-state index contributed by atoms with van der Waals surface area (Å²) in [7, 11) is 0. The number of ether oxygens (including phenoxy) is 1. The maximum Gasteiger partial charge on any atom is 0.407 e. The molecule has 1 saturated heterocycles. The van der Waals surface area contributed by atoms with E-state index >= 15 is 0 Å². The monoisotopic (exact) mass is 421 g/mol. The van der Waals surface area contributed by atoms with Crippen LogP contribution in [0.5, 0.6) is 11.6 Å². The molecule has 158 valence electrons. The van der Waals surface area contributed by atoms with E-state index in [1.165, 1.54) is 11.2 Å². The molecule has 0 atom stereocenters. The number of aromatic nitrogens is 6. The molecule has 1 fully saturated rings. The molecule has 5 rings (SSSR count). The highest BCUT2D eigenvalue weighted by atomic mass is 16.5. The lowest BCUT2D eigenvalue weighted by molar-refractivity contribution is 0.124. The summed E-state index contributed by atoms with van der Waals surface area (Å²) in [4.78, 5) is 25.4. The average molecular weight is 421 g/mol. The van der Waals surface area contributed by atoms with Gasteiger partial charge < -0.3 is 19.3 Å². The Morgan fingerprint density at radius 2 is 1.97 bits per heavy atom. The Morgan fingerprint density at radius 1 is 1.19 bits per heavy atom. The van der Waals surface area contributed by atoms with Gasteiger partial charge in [0.1, 0.15) is 17.5 Å². The summed E-state index contributed by atoms with van der Waals surface area (Å²) in [5.74, 6) is 2.03. The Balaban J connectivity index is 1.36. The number of hydrogen-bond donors (Lipinski definition) is 1. The molecule has 1 aromatic carbocycles. The zero-order valence-corrected chi connectivity index (χ0v) is 16.7. The fourth-order valence-corrected chi connectivity index (χ4v) is 3.69. The molecule has 0 saturated carbocycles. The molecule has 0 bridgehead atoms. The Kier molecular flexibility index (Phi) is 4.69. The molecule has 1 aliphatic rings. The lowest BCUT2D eigenvalue weighted by atomic mass is 10.1. The van der Waals surface area contributed by atoms with Crippen LogP contribution in [-0.4, -0.2) is 59.1 Å². The molecule has 1 aliphatic heterocycles. The molecule has 0 unspecified atom stereocenters. The molecule has 4 heterocycles. The third kappa shape index (κ3) is 3.65. The lowest BCUT2D eigenvalue weighted by Crippen LogP contribution is -2.38. The van der Waals surface area contributed by atoms with Gasteiger partial charge in [-0.2, -0.15) is 10.1 Å². The first kappa shape index (κ1) is 19.0. The van der Waals surface area contributed by atoms with E-state index in [0.29, 0.717) is 60.3 Å². The van der Waals surface area contributed by atoms with Gasteiger partial charge in [-0.05, 0) is 37.1 Å². The smallest absolute Gasteiger partial charge is 0.407 e. The third-order valence-electron chi connectivity index (χ3n) is 5.29. The molecule has 0 aliphatic carbocycles. The number of aryl methyl sites for hydroxylation is 1. The van der Waals surface area contributed by atoms with Crippen molar-refractivity contribution in [1.82, 2.24) is 34.8 Å². The number of fused-ring (bicyclic) bond motifs is 1. The van der Waals surface area contributed by atoms with Crippen molar-refractivity contribution >= 4 is 17.1 Å². The predicted octanol–water partition coefficient (Wildman–Crippen LogP) is 3.29. The standard InChI is InChI=1S/C20H19N7O4/c1-12-24-17(25-31-12)13-2-4-15(5-3-13)30-19-16-10-23-27(18(16)21-11-22-19)14-6-8-26(9-7-14)20(28)29/h2-5,10-11,14H,6-9H2,1H3,(H,28,29). The highest BCUT2D eigenvalue weighted by Gasteiger charge is 2.26. The molecule has 4 aromatic rings. The van der Waals surface area contributed by atoms with Crippen LogP contribution >= 0.6 is 0 Å². The largest absolute Gasteiger partial charge is 0.465 e. The molecule has 11 nitrogen and oxygen atoms in total. The van der Waals surface area contributed by atoms with Gasteiger partial charge in [0.25, 0.3) is 0 Å². The van der Waals surface area contributed by atoms with Gasteiger partial charge in [-0.3, -0.25) is 0 Å². The van der Waals surface area contributed by atoms with Gasteiger partial charge in [-0.15, -0.1) is 0 Å². The summed E-state index contributed by atoms with van der Waals surface area (Å²) in [5.41, 5.74) is 1.48. The summed E-state index contributed by atoms with van der Waals surface area (Å²) in [6.45, 7) is 2.69. The van der Waals surface area contributed by atoms with Gasteiger partial charge in [-0.25, -0.2) is 19.4 Å². The van der Waals surface area contributed by atoms with E-state index in [2.05, 4.69) is 25.2 Å². The van der Waals surface area contributed by atoms with Crippen LogP contribution in [0.25, 0.3) is 22.4 Å². The van der Waals surface area contributed by atoms with Gasteiger partial charge in [0.15, 0.2) is 5.65 Å². The van der Waals surface area contributed by atoms with Crippen molar-refractivity contribution in [1.29, 1.82) is 0 Å².